The molecule has 0 N–H and O–H groups in total. The molecule has 0 atom stereocenters. The minimum absolute atomic E-state index is 0.0685. The van der Waals surface area contributed by atoms with Gasteiger partial charge in [0.25, 0.3) is 0 Å². The van der Waals surface area contributed by atoms with Crippen molar-refractivity contribution >= 4 is 55.1 Å². The molecule has 0 radical (unpaired) electrons. The highest BCUT2D eigenvalue weighted by Gasteiger charge is 2.35. The second-order valence-corrected chi connectivity index (χ2v) is 16.0. The van der Waals surface area contributed by atoms with Gasteiger partial charge in [-0.05, 0) is 129 Å². The van der Waals surface area contributed by atoms with Gasteiger partial charge in [-0.2, -0.15) is 0 Å². The minimum Gasteiger partial charge on any atom is -0.345 e. The van der Waals surface area contributed by atoms with Gasteiger partial charge in [0, 0.05) is 40.3 Å². The van der Waals surface area contributed by atoms with Crippen molar-refractivity contribution in [3.8, 4) is 16.8 Å². The normalized spacial score (nSPS) is 14.5. The van der Waals surface area contributed by atoms with E-state index in [1.807, 2.05) is 12.2 Å². The molecule has 7 aromatic carbocycles. The topological polar surface area (TPSA) is 8.17 Å². The molecule has 0 unspecified atom stereocenters. The highest BCUT2D eigenvalue weighted by molar-refractivity contribution is 6.21. The summed E-state index contributed by atoms with van der Waals surface area (Å²) in [6, 6.07) is 55.5. The van der Waals surface area contributed by atoms with Crippen molar-refractivity contribution in [2.45, 2.75) is 32.1 Å². The molecule has 0 saturated carbocycles. The second kappa shape index (κ2) is 14.5. The van der Waals surface area contributed by atoms with Crippen molar-refractivity contribution < 1.29 is 0 Å². The molecular formula is C56H44N2. The summed E-state index contributed by atoms with van der Waals surface area (Å²) in [5, 5.41) is 5.10. The predicted octanol–water partition coefficient (Wildman–Crippen LogP) is 14.7. The maximum Gasteiger partial charge on any atom is 0.0562 e. The van der Waals surface area contributed by atoms with E-state index in [0.29, 0.717) is 0 Å². The maximum absolute atomic E-state index is 3.07. The summed E-state index contributed by atoms with van der Waals surface area (Å²) in [6.45, 7) is 4.71. The van der Waals surface area contributed by atoms with Crippen LogP contribution in [-0.4, -0.2) is 11.6 Å². The molecule has 0 spiro atoms. The van der Waals surface area contributed by atoms with Crippen molar-refractivity contribution in [1.82, 2.24) is 4.57 Å². The van der Waals surface area contributed by atoms with Gasteiger partial charge in [0.2, 0.25) is 0 Å². The lowest BCUT2D eigenvalue weighted by atomic mass is 9.82. The Bertz CT molecular complexity index is 3100. The fourth-order valence-electron chi connectivity index (χ4n) is 9.14. The zero-order valence-corrected chi connectivity index (χ0v) is 33.2. The summed E-state index contributed by atoms with van der Waals surface area (Å²) < 4.78 is 2.47. The van der Waals surface area contributed by atoms with Gasteiger partial charge in [-0.15, -0.1) is 0 Å². The van der Waals surface area contributed by atoms with Crippen LogP contribution in [0.25, 0.3) is 60.5 Å². The van der Waals surface area contributed by atoms with Gasteiger partial charge in [0.05, 0.1) is 11.0 Å². The first-order valence-electron chi connectivity index (χ1n) is 20.3. The largest absolute Gasteiger partial charge is 0.345 e. The second-order valence-electron chi connectivity index (χ2n) is 16.0. The van der Waals surface area contributed by atoms with E-state index in [2.05, 4.69) is 218 Å². The number of allylic oxidation sites excluding steroid dienone is 8. The highest BCUT2D eigenvalue weighted by atomic mass is 15.1. The van der Waals surface area contributed by atoms with Gasteiger partial charge < -0.3 is 9.47 Å². The van der Waals surface area contributed by atoms with E-state index in [9.17, 15) is 0 Å². The molecule has 3 aliphatic rings. The standard InChI is InChI=1S/C44H32N2.C12H12/c1-44(2)39-16-10-9-15-36(39)37-24-23-34(27-40(37)44)46-41-26-19-31-13-7-8-14-35(31)43(41)38-25-22-33(28-42(38)46)45(3)32-20-17-30(18-21-32)29-11-5-4-6-12-29;1-3-7-11(8-4-1)12-9-5-2-6-10-12/h5,7-28H,1-3H3;1-5,7-9H,6,10H2. The van der Waals surface area contributed by atoms with Crippen LogP contribution in [0.15, 0.2) is 200 Å². The van der Waals surface area contributed by atoms with E-state index in [0.717, 1.165) is 16.9 Å². The fraction of sp³-hybridized carbons (Fsp3) is 0.107. The number of hydrogen-bond donors (Lipinski definition) is 0. The number of fused-ring (bicyclic) bond motifs is 8. The van der Waals surface area contributed by atoms with Crippen LogP contribution in [0.1, 0.15) is 48.9 Å². The van der Waals surface area contributed by atoms with E-state index < -0.39 is 0 Å². The Labute approximate surface area is 341 Å². The molecule has 278 valence electrons. The van der Waals surface area contributed by atoms with Gasteiger partial charge in [-0.3, -0.25) is 0 Å². The van der Waals surface area contributed by atoms with Crippen molar-refractivity contribution in [2.75, 3.05) is 11.9 Å². The zero-order valence-electron chi connectivity index (χ0n) is 33.2. The average Bonchev–Trinajstić information content (AvgIpc) is 3.75. The lowest BCUT2D eigenvalue weighted by Crippen LogP contribution is -2.15. The third kappa shape index (κ3) is 6.08. The molecule has 0 bridgehead atoms. The van der Waals surface area contributed by atoms with Gasteiger partial charge in [0.15, 0.2) is 0 Å². The van der Waals surface area contributed by atoms with Crippen molar-refractivity contribution in [3.63, 3.8) is 0 Å². The Balaban J connectivity index is 0.000000291. The molecule has 1 aromatic heterocycles. The first-order valence-corrected chi connectivity index (χ1v) is 20.3. The van der Waals surface area contributed by atoms with E-state index >= 15 is 0 Å². The molecule has 0 saturated heterocycles. The van der Waals surface area contributed by atoms with Crippen LogP contribution in [0.2, 0.25) is 0 Å². The van der Waals surface area contributed by atoms with Crippen LogP contribution in [0.3, 0.4) is 0 Å². The van der Waals surface area contributed by atoms with Crippen LogP contribution >= 0.6 is 0 Å². The SMILES string of the molecule is C1=CCCC(c2ccccc2)=C1.CN(c1ccc(C2=CC=C=C=C2)cc1)c1ccc2c3c4ccccc4ccc3n(-c3ccc4c(c3)C(C)(C)c3ccccc3-4)c2c1. The van der Waals surface area contributed by atoms with Crippen LogP contribution in [-0.2, 0) is 5.41 Å². The lowest BCUT2D eigenvalue weighted by molar-refractivity contribution is 0.660. The number of anilines is 2. The van der Waals surface area contributed by atoms with Crippen molar-refractivity contribution in [1.29, 1.82) is 0 Å². The van der Waals surface area contributed by atoms with Crippen LogP contribution in [0.5, 0.6) is 0 Å². The van der Waals surface area contributed by atoms with Gasteiger partial charge in [-0.25, -0.2) is 0 Å². The molecule has 3 aliphatic carbocycles. The Morgan fingerprint density at radius 1 is 0.603 bits per heavy atom. The number of rotatable bonds is 5. The fourth-order valence-corrected chi connectivity index (χ4v) is 9.14. The average molecular weight is 745 g/mol. The first kappa shape index (κ1) is 35.3. The molecule has 8 aromatic rings. The Morgan fingerprint density at radius 3 is 2.19 bits per heavy atom. The highest BCUT2D eigenvalue weighted by Crippen LogP contribution is 2.50. The maximum atomic E-state index is 3.07. The van der Waals surface area contributed by atoms with Gasteiger partial charge in [0.1, 0.15) is 0 Å². The predicted molar refractivity (Wildman–Crippen MR) is 247 cm³/mol. The van der Waals surface area contributed by atoms with Crippen LogP contribution in [0, 0.1) is 0 Å². The number of nitrogens with zero attached hydrogens (tertiary/aromatic N) is 2. The number of hydrogen-bond acceptors (Lipinski definition) is 1. The third-order valence-electron chi connectivity index (χ3n) is 12.3. The van der Waals surface area contributed by atoms with E-state index in [1.165, 1.54) is 90.1 Å². The van der Waals surface area contributed by atoms with E-state index in [1.54, 1.807) is 0 Å². The molecule has 1 heterocycles. The van der Waals surface area contributed by atoms with E-state index in [4.69, 9.17) is 0 Å². The Hall–Kier alpha value is -7.08. The lowest BCUT2D eigenvalue weighted by Gasteiger charge is -2.22. The molecule has 0 fully saturated rings. The molecule has 0 amide bonds. The van der Waals surface area contributed by atoms with Gasteiger partial charge >= 0.3 is 0 Å². The van der Waals surface area contributed by atoms with Gasteiger partial charge in [-0.1, -0.05) is 153 Å². The quantitative estimate of drug-likeness (QED) is 0.159. The molecule has 0 aliphatic heterocycles. The molecule has 11 rings (SSSR count). The van der Waals surface area contributed by atoms with E-state index in [-0.39, 0.29) is 5.41 Å². The summed E-state index contributed by atoms with van der Waals surface area (Å²) in [7, 11) is 2.15. The zero-order chi connectivity index (χ0) is 39.2. The third-order valence-corrected chi connectivity index (χ3v) is 12.3. The smallest absolute Gasteiger partial charge is 0.0562 e. The molecular weight excluding hydrogens is 701 g/mol. The van der Waals surface area contributed by atoms with Crippen LogP contribution in [0.4, 0.5) is 11.4 Å². The van der Waals surface area contributed by atoms with Crippen LogP contribution < -0.4 is 4.90 Å². The first-order chi connectivity index (χ1) is 28.5. The molecule has 58 heavy (non-hydrogen) atoms. The summed E-state index contributed by atoms with van der Waals surface area (Å²) in [4.78, 5) is 2.27. The number of benzene rings is 7. The minimum atomic E-state index is -0.0685. The summed E-state index contributed by atoms with van der Waals surface area (Å²) in [6.07, 6.45) is 14.9. The Morgan fingerprint density at radius 2 is 1.38 bits per heavy atom. The van der Waals surface area contributed by atoms with Crippen molar-refractivity contribution in [3.05, 3.63) is 222 Å². The molecule has 2 heteroatoms. The summed E-state index contributed by atoms with van der Waals surface area (Å²) in [5.41, 5.74) is 22.5. The molecule has 2 nitrogen and oxygen atoms in total. The summed E-state index contributed by atoms with van der Waals surface area (Å²) >= 11 is 0. The summed E-state index contributed by atoms with van der Waals surface area (Å²) in [5.74, 6) is 0. The monoisotopic (exact) mass is 744 g/mol. The number of aromatic nitrogens is 1. The van der Waals surface area contributed by atoms with Crippen molar-refractivity contribution in [2.24, 2.45) is 0 Å². The Kier molecular flexibility index (Phi) is 8.81.